The minimum absolute atomic E-state index is 0.110. The van der Waals surface area contributed by atoms with Crippen molar-refractivity contribution in [3.63, 3.8) is 0 Å². The molecule has 5 nitrogen and oxygen atoms in total. The van der Waals surface area contributed by atoms with Gasteiger partial charge < -0.3 is 14.8 Å². The minimum Gasteiger partial charge on any atom is -0.497 e. The molecular weight excluding hydrogens is 338 g/mol. The molecule has 2 rings (SSSR count). The lowest BCUT2D eigenvalue weighted by atomic mass is 10.1. The Morgan fingerprint density at radius 3 is 2.56 bits per heavy atom. The summed E-state index contributed by atoms with van der Waals surface area (Å²) in [6.07, 6.45) is 0. The van der Waals surface area contributed by atoms with Crippen LogP contribution in [0.3, 0.4) is 0 Å². The molecule has 2 aromatic rings. The minimum atomic E-state index is -0.517. The molecule has 0 aromatic heterocycles. The van der Waals surface area contributed by atoms with Crippen LogP contribution >= 0.6 is 11.8 Å². The smallest absolute Gasteiger partial charge is 0.315 e. The Morgan fingerprint density at radius 2 is 1.88 bits per heavy atom. The van der Waals surface area contributed by atoms with E-state index in [9.17, 15) is 9.59 Å². The van der Waals surface area contributed by atoms with Crippen LogP contribution in [0.1, 0.15) is 17.7 Å². The Hall–Kier alpha value is -2.47. The molecular formula is C19H21NO4S. The van der Waals surface area contributed by atoms with Crippen LogP contribution in [0.2, 0.25) is 0 Å². The quantitative estimate of drug-likeness (QED) is 0.729. The molecule has 0 fully saturated rings. The number of hydrogen-bond donors (Lipinski definition) is 1. The van der Waals surface area contributed by atoms with Crippen molar-refractivity contribution in [2.24, 2.45) is 0 Å². The summed E-state index contributed by atoms with van der Waals surface area (Å²) in [7, 11) is 1.57. The van der Waals surface area contributed by atoms with Gasteiger partial charge in [-0.3, -0.25) is 9.59 Å². The Kier molecular flexibility index (Phi) is 7.35. The molecule has 1 amide bonds. The van der Waals surface area contributed by atoms with Crippen molar-refractivity contribution in [2.45, 2.75) is 12.2 Å². The average Bonchev–Trinajstić information content (AvgIpc) is 2.63. The molecule has 6 heteroatoms. The van der Waals surface area contributed by atoms with Gasteiger partial charge in [-0.1, -0.05) is 36.4 Å². The number of esters is 1. The second kappa shape index (κ2) is 9.74. The molecule has 1 N–H and O–H groups in total. The number of anilines is 1. The highest BCUT2D eigenvalue weighted by Gasteiger charge is 2.23. The maximum absolute atomic E-state index is 12.8. The molecule has 1 unspecified atom stereocenters. The number of rotatable bonds is 8. The van der Waals surface area contributed by atoms with Crippen molar-refractivity contribution >= 4 is 29.3 Å². The molecule has 0 aliphatic rings. The summed E-state index contributed by atoms with van der Waals surface area (Å²) in [5.74, 6) is 0.239. The topological polar surface area (TPSA) is 64.6 Å². The summed E-state index contributed by atoms with van der Waals surface area (Å²) >= 11 is 1.24. The van der Waals surface area contributed by atoms with Crippen LogP contribution < -0.4 is 10.1 Å². The van der Waals surface area contributed by atoms with E-state index in [4.69, 9.17) is 9.47 Å². The molecule has 1 atom stereocenters. The number of ether oxygens (including phenoxy) is 2. The third-order valence-corrected chi connectivity index (χ3v) is 4.57. The first-order valence-corrected chi connectivity index (χ1v) is 8.96. The molecule has 0 aliphatic heterocycles. The van der Waals surface area contributed by atoms with Crippen LogP contribution in [0.15, 0.2) is 54.6 Å². The Bertz CT molecular complexity index is 706. The first kappa shape index (κ1) is 18.9. The van der Waals surface area contributed by atoms with Crippen LogP contribution in [-0.4, -0.2) is 31.3 Å². The molecule has 0 aliphatic carbocycles. The van der Waals surface area contributed by atoms with E-state index in [0.717, 1.165) is 5.56 Å². The SMILES string of the molecule is CCOC(=O)CSC(C(=O)Nc1cccc(OC)c1)c1ccccc1. The van der Waals surface area contributed by atoms with E-state index in [1.165, 1.54) is 11.8 Å². The van der Waals surface area contributed by atoms with Crippen molar-refractivity contribution in [3.05, 3.63) is 60.2 Å². The predicted octanol–water partition coefficient (Wildman–Crippen LogP) is 3.67. The molecule has 0 saturated heterocycles. The normalized spacial score (nSPS) is 11.4. The van der Waals surface area contributed by atoms with Gasteiger partial charge in [0.2, 0.25) is 5.91 Å². The lowest BCUT2D eigenvalue weighted by Gasteiger charge is -2.17. The van der Waals surface area contributed by atoms with Crippen molar-refractivity contribution in [1.82, 2.24) is 0 Å². The van der Waals surface area contributed by atoms with Crippen LogP contribution in [-0.2, 0) is 14.3 Å². The van der Waals surface area contributed by atoms with Crippen LogP contribution in [0, 0.1) is 0 Å². The van der Waals surface area contributed by atoms with Crippen molar-refractivity contribution in [2.75, 3.05) is 24.8 Å². The number of hydrogen-bond acceptors (Lipinski definition) is 5. The highest BCUT2D eigenvalue weighted by molar-refractivity contribution is 8.00. The van der Waals surface area contributed by atoms with Gasteiger partial charge in [-0.15, -0.1) is 11.8 Å². The van der Waals surface area contributed by atoms with Gasteiger partial charge in [0.15, 0.2) is 0 Å². The number of amides is 1. The average molecular weight is 359 g/mol. The summed E-state index contributed by atoms with van der Waals surface area (Å²) in [5, 5.41) is 2.36. The molecule has 132 valence electrons. The second-order valence-electron chi connectivity index (χ2n) is 5.13. The van der Waals surface area contributed by atoms with E-state index in [2.05, 4.69) is 5.32 Å². The predicted molar refractivity (Wildman–Crippen MR) is 99.9 cm³/mol. The summed E-state index contributed by atoms with van der Waals surface area (Å²) in [6.45, 7) is 2.08. The van der Waals surface area contributed by atoms with E-state index in [0.29, 0.717) is 18.0 Å². The summed E-state index contributed by atoms with van der Waals surface area (Å²) in [6, 6.07) is 16.5. The number of nitrogens with one attached hydrogen (secondary N) is 1. The van der Waals surface area contributed by atoms with Gasteiger partial charge in [0.25, 0.3) is 0 Å². The van der Waals surface area contributed by atoms with Gasteiger partial charge in [-0.05, 0) is 24.6 Å². The van der Waals surface area contributed by atoms with E-state index in [-0.39, 0.29) is 17.6 Å². The Morgan fingerprint density at radius 1 is 1.12 bits per heavy atom. The van der Waals surface area contributed by atoms with Crippen molar-refractivity contribution in [1.29, 1.82) is 0 Å². The fourth-order valence-electron chi connectivity index (χ4n) is 2.21. The summed E-state index contributed by atoms with van der Waals surface area (Å²) < 4.78 is 10.1. The van der Waals surface area contributed by atoms with E-state index < -0.39 is 5.25 Å². The maximum atomic E-state index is 12.8. The lowest BCUT2D eigenvalue weighted by Crippen LogP contribution is -2.20. The highest BCUT2D eigenvalue weighted by atomic mass is 32.2. The van der Waals surface area contributed by atoms with E-state index in [1.54, 1.807) is 38.3 Å². The first-order chi connectivity index (χ1) is 12.1. The molecule has 0 heterocycles. The number of methoxy groups -OCH3 is 1. The zero-order chi connectivity index (χ0) is 18.1. The van der Waals surface area contributed by atoms with E-state index >= 15 is 0 Å². The summed E-state index contributed by atoms with van der Waals surface area (Å²) in [5.41, 5.74) is 1.47. The lowest BCUT2D eigenvalue weighted by molar-refractivity contribution is -0.139. The first-order valence-electron chi connectivity index (χ1n) is 7.91. The monoisotopic (exact) mass is 359 g/mol. The third kappa shape index (κ3) is 5.83. The number of carbonyl (C=O) groups is 2. The molecule has 0 radical (unpaired) electrons. The van der Waals surface area contributed by atoms with Gasteiger partial charge in [0.1, 0.15) is 11.0 Å². The molecule has 25 heavy (non-hydrogen) atoms. The second-order valence-corrected chi connectivity index (χ2v) is 6.22. The zero-order valence-electron chi connectivity index (χ0n) is 14.2. The van der Waals surface area contributed by atoms with Gasteiger partial charge >= 0.3 is 5.97 Å². The molecule has 0 spiro atoms. The van der Waals surface area contributed by atoms with Gasteiger partial charge in [0.05, 0.1) is 19.5 Å². The fraction of sp³-hybridized carbons (Fsp3) is 0.263. The third-order valence-electron chi connectivity index (χ3n) is 3.35. The molecule has 2 aromatic carbocycles. The maximum Gasteiger partial charge on any atom is 0.315 e. The van der Waals surface area contributed by atoms with Crippen LogP contribution in [0.25, 0.3) is 0 Å². The summed E-state index contributed by atoms with van der Waals surface area (Å²) in [4.78, 5) is 24.4. The standard InChI is InChI=1S/C19H21NO4S/c1-3-24-17(21)13-25-18(14-8-5-4-6-9-14)19(22)20-15-10-7-11-16(12-15)23-2/h4-12,18H,3,13H2,1-2H3,(H,20,22). The Balaban J connectivity index is 2.13. The highest BCUT2D eigenvalue weighted by Crippen LogP contribution is 2.30. The van der Waals surface area contributed by atoms with Gasteiger partial charge in [-0.2, -0.15) is 0 Å². The van der Waals surface area contributed by atoms with Crippen LogP contribution in [0.4, 0.5) is 5.69 Å². The fourth-order valence-corrected chi connectivity index (χ4v) is 3.16. The van der Waals surface area contributed by atoms with E-state index in [1.807, 2.05) is 30.3 Å². The Labute approximate surface area is 151 Å². The molecule has 0 bridgehead atoms. The largest absolute Gasteiger partial charge is 0.497 e. The van der Waals surface area contributed by atoms with Crippen LogP contribution in [0.5, 0.6) is 5.75 Å². The number of thioether (sulfide) groups is 1. The van der Waals surface area contributed by atoms with Crippen molar-refractivity contribution in [3.8, 4) is 5.75 Å². The van der Waals surface area contributed by atoms with Gasteiger partial charge in [0, 0.05) is 11.8 Å². The zero-order valence-corrected chi connectivity index (χ0v) is 15.0. The number of carbonyl (C=O) groups excluding carboxylic acids is 2. The molecule has 0 saturated carbocycles. The number of benzene rings is 2. The van der Waals surface area contributed by atoms with Gasteiger partial charge in [-0.25, -0.2) is 0 Å². The van der Waals surface area contributed by atoms with Crippen molar-refractivity contribution < 1.29 is 19.1 Å².